The minimum atomic E-state index is -0.180. The van der Waals surface area contributed by atoms with Crippen LogP contribution in [0.15, 0.2) is 231 Å². The summed E-state index contributed by atoms with van der Waals surface area (Å²) in [4.78, 5) is 0. The molecule has 17 aromatic carbocycles. The zero-order valence-electron chi connectivity index (χ0n) is 50.4. The first kappa shape index (κ1) is 49.4. The number of fused-ring (bicyclic) bond motifs is 16. The van der Waals surface area contributed by atoms with E-state index in [1.165, 1.54) is 208 Å². The van der Waals surface area contributed by atoms with Gasteiger partial charge in [-0.3, -0.25) is 0 Å². The first-order valence-corrected chi connectivity index (χ1v) is 31.3. The van der Waals surface area contributed by atoms with Gasteiger partial charge in [-0.05, 0) is 237 Å². The lowest BCUT2D eigenvalue weighted by Crippen LogP contribution is -2.19. The number of benzene rings is 15. The molecule has 0 atom stereocenters. The predicted octanol–water partition coefficient (Wildman–Crippen LogP) is 24.7. The minimum Gasteiger partial charge on any atom is -0.0622 e. The van der Waals surface area contributed by atoms with E-state index in [4.69, 9.17) is 0 Å². The van der Waals surface area contributed by atoms with Crippen LogP contribution in [0.3, 0.4) is 0 Å². The Hall–Kier alpha value is -9.88. The molecule has 17 aromatic rings. The van der Waals surface area contributed by atoms with Crippen LogP contribution in [0, 0.1) is 0 Å². The Labute approximate surface area is 507 Å². The third-order valence-corrected chi connectivity index (χ3v) is 21.1. The van der Waals surface area contributed by atoms with Gasteiger partial charge in [0.15, 0.2) is 0 Å². The maximum Gasteiger partial charge on any atom is 0.0159 e. The van der Waals surface area contributed by atoms with Gasteiger partial charge < -0.3 is 0 Å². The summed E-state index contributed by atoms with van der Waals surface area (Å²) < 4.78 is 0. The maximum absolute atomic E-state index is 2.61. The molecule has 0 amide bonds. The predicted molar refractivity (Wildman–Crippen MR) is 376 cm³/mol. The van der Waals surface area contributed by atoms with Crippen molar-refractivity contribution in [2.45, 2.75) is 71.6 Å². The van der Waals surface area contributed by atoms with Crippen LogP contribution in [0.25, 0.3) is 186 Å². The largest absolute Gasteiger partial charge is 0.0622 e. The van der Waals surface area contributed by atoms with Gasteiger partial charge in [-0.25, -0.2) is 0 Å². The summed E-state index contributed by atoms with van der Waals surface area (Å²) in [6, 6.07) is 89.6. The molecule has 410 valence electrons. The molecule has 0 aliphatic heterocycles. The van der Waals surface area contributed by atoms with Crippen molar-refractivity contribution in [3.63, 3.8) is 0 Å². The van der Waals surface area contributed by atoms with E-state index in [2.05, 4.69) is 286 Å². The van der Waals surface area contributed by atoms with Gasteiger partial charge in [0.2, 0.25) is 0 Å². The van der Waals surface area contributed by atoms with Crippen LogP contribution in [0.2, 0.25) is 0 Å². The van der Waals surface area contributed by atoms with Crippen molar-refractivity contribution in [1.82, 2.24) is 0 Å². The molecule has 0 heterocycles. The molecule has 0 N–H and O–H groups in total. The molecule has 0 aromatic heterocycles. The maximum atomic E-state index is 2.61. The van der Waals surface area contributed by atoms with Crippen LogP contribution < -0.4 is 0 Å². The van der Waals surface area contributed by atoms with Crippen molar-refractivity contribution < 1.29 is 0 Å². The molecule has 0 nitrogen and oxygen atoms in total. The molecule has 0 bridgehead atoms. The van der Waals surface area contributed by atoms with E-state index in [1.54, 1.807) is 0 Å². The fourth-order valence-electron chi connectivity index (χ4n) is 17.1. The molecule has 0 radical (unpaired) electrons. The molecule has 0 saturated heterocycles. The quantitative estimate of drug-likeness (QED) is 0.122. The molecule has 0 fully saturated rings. The number of hydrogen-bond donors (Lipinski definition) is 0. The van der Waals surface area contributed by atoms with E-state index in [0.717, 1.165) is 0 Å². The zero-order chi connectivity index (χ0) is 58.3. The lowest BCUT2D eigenvalue weighted by atomic mass is 9.76. The Balaban J connectivity index is 0.934. The van der Waals surface area contributed by atoms with E-state index < -0.39 is 0 Å². The first-order chi connectivity index (χ1) is 42.2. The van der Waals surface area contributed by atoms with E-state index in [0.29, 0.717) is 0 Å². The van der Waals surface area contributed by atoms with Crippen molar-refractivity contribution in [3.8, 4) is 77.9 Å². The summed E-state index contributed by atoms with van der Waals surface area (Å²) in [5, 5.41) is 26.7. The molecule has 2 aliphatic rings. The summed E-state index contributed by atoms with van der Waals surface area (Å²) in [5.41, 5.74) is 23.7. The second-order valence-electron chi connectivity index (χ2n) is 28.1. The Morgan fingerprint density at radius 2 is 0.621 bits per heavy atom. The molecule has 0 spiro atoms. The molecule has 0 saturated carbocycles. The second kappa shape index (κ2) is 16.8. The second-order valence-corrected chi connectivity index (χ2v) is 28.1. The zero-order valence-corrected chi connectivity index (χ0v) is 50.4. The highest BCUT2D eigenvalue weighted by Gasteiger charge is 2.40. The van der Waals surface area contributed by atoms with Gasteiger partial charge in [-0.2, -0.15) is 0 Å². The van der Waals surface area contributed by atoms with Gasteiger partial charge >= 0.3 is 0 Å². The molecular formula is C87H62. The SMILES string of the molecule is CC(C)(C)c1ccc2c(c1)C(C)(C)c1cc(C(C)(C)C)cc(-c3cc4c(-c5ccccc5)c5c6ccc7c8ccc9c%10c(ccc(c%11ccc(c6c7%11)c5c5c6ccccc6c(c3)c45)c%108)-c3c-9c(-c4ccccc4)c4ccccc4c3-c3ccccc3)c1-2. The Morgan fingerprint density at radius 3 is 1.18 bits per heavy atom. The van der Waals surface area contributed by atoms with Gasteiger partial charge in [-0.1, -0.05) is 268 Å². The standard InChI is InChI=1S/C87H62/c1-85(2,3)51-32-33-61-69(45-51)87(7,8)70-46-52(86(4,5)6)44-66(74(61)70)50-42-67-53-28-18-19-29-54(53)80-79(67)68(43-50)73(49-26-16-11-17-27-49)83-64-40-36-59-57-34-38-62-77-63(39-35-58(75(57)77)60-37-41-65(84(80)83)78(64)76(59)60)82-72(48-24-14-10-15-25-48)56-31-21-20-30-55(56)71(81(62)82)47-22-12-9-13-23-47/h9-46H,1-8H3. The highest BCUT2D eigenvalue weighted by molar-refractivity contribution is 6.51. The summed E-state index contributed by atoms with van der Waals surface area (Å²) in [5.74, 6) is 0. The van der Waals surface area contributed by atoms with Crippen LogP contribution in [0.4, 0.5) is 0 Å². The van der Waals surface area contributed by atoms with Gasteiger partial charge in [-0.15, -0.1) is 0 Å². The number of rotatable bonds is 4. The lowest BCUT2D eigenvalue weighted by molar-refractivity contribution is 0.580. The summed E-state index contributed by atoms with van der Waals surface area (Å²) in [6.07, 6.45) is 0. The van der Waals surface area contributed by atoms with Gasteiger partial charge in [0.25, 0.3) is 0 Å². The van der Waals surface area contributed by atoms with Crippen LogP contribution in [0.5, 0.6) is 0 Å². The summed E-state index contributed by atoms with van der Waals surface area (Å²) in [7, 11) is 0. The first-order valence-electron chi connectivity index (χ1n) is 31.3. The fourth-order valence-corrected chi connectivity index (χ4v) is 17.1. The van der Waals surface area contributed by atoms with Crippen molar-refractivity contribution >= 4 is 108 Å². The topological polar surface area (TPSA) is 0 Å². The molecule has 0 heteroatoms. The van der Waals surface area contributed by atoms with Crippen molar-refractivity contribution in [3.05, 3.63) is 253 Å². The average Bonchev–Trinajstić information content (AvgIpc) is 1.54. The third kappa shape index (κ3) is 6.33. The molecule has 2 aliphatic carbocycles. The van der Waals surface area contributed by atoms with Crippen LogP contribution >= 0.6 is 0 Å². The Bertz CT molecular complexity index is 5720. The van der Waals surface area contributed by atoms with Crippen molar-refractivity contribution in [2.75, 3.05) is 0 Å². The normalized spacial score (nSPS) is 13.8. The van der Waals surface area contributed by atoms with Gasteiger partial charge in [0, 0.05) is 5.41 Å². The fraction of sp³-hybridized carbons (Fsp3) is 0.126. The molecule has 87 heavy (non-hydrogen) atoms. The summed E-state index contributed by atoms with van der Waals surface area (Å²) in [6.45, 7) is 19.1. The Morgan fingerprint density at radius 1 is 0.218 bits per heavy atom. The monoisotopic (exact) mass is 1110 g/mol. The van der Waals surface area contributed by atoms with E-state index in [-0.39, 0.29) is 16.2 Å². The Kier molecular flexibility index (Phi) is 9.51. The molecule has 0 unspecified atom stereocenters. The third-order valence-electron chi connectivity index (χ3n) is 21.1. The van der Waals surface area contributed by atoms with Gasteiger partial charge in [0.05, 0.1) is 0 Å². The lowest BCUT2D eigenvalue weighted by Gasteiger charge is -2.27. The van der Waals surface area contributed by atoms with E-state index in [9.17, 15) is 0 Å². The summed E-state index contributed by atoms with van der Waals surface area (Å²) >= 11 is 0. The van der Waals surface area contributed by atoms with Crippen LogP contribution in [-0.2, 0) is 16.2 Å². The highest BCUT2D eigenvalue weighted by atomic mass is 14.4. The molecule has 19 rings (SSSR count). The van der Waals surface area contributed by atoms with Crippen LogP contribution in [-0.4, -0.2) is 0 Å². The minimum absolute atomic E-state index is 0.0368. The van der Waals surface area contributed by atoms with Crippen molar-refractivity contribution in [1.29, 1.82) is 0 Å². The van der Waals surface area contributed by atoms with Gasteiger partial charge in [0.1, 0.15) is 0 Å². The van der Waals surface area contributed by atoms with E-state index >= 15 is 0 Å². The molecular weight excluding hydrogens is 1040 g/mol. The average molecular weight is 1110 g/mol. The van der Waals surface area contributed by atoms with Crippen molar-refractivity contribution in [2.24, 2.45) is 0 Å². The van der Waals surface area contributed by atoms with E-state index in [1.807, 2.05) is 0 Å². The highest BCUT2D eigenvalue weighted by Crippen LogP contribution is 2.62. The van der Waals surface area contributed by atoms with Crippen LogP contribution in [0.1, 0.15) is 77.6 Å². The number of hydrogen-bond acceptors (Lipinski definition) is 0. The smallest absolute Gasteiger partial charge is 0.0159 e.